The molecule has 1 aromatic heterocycles. The van der Waals surface area contributed by atoms with Gasteiger partial charge in [-0.1, -0.05) is 12.1 Å². The average molecular weight is 336 g/mol. The number of carbonyl (C=O) groups is 1. The van der Waals surface area contributed by atoms with Gasteiger partial charge in [0.15, 0.2) is 0 Å². The van der Waals surface area contributed by atoms with Gasteiger partial charge in [-0.3, -0.25) is 4.79 Å². The molecule has 5 heteroatoms. The van der Waals surface area contributed by atoms with Crippen molar-refractivity contribution in [2.24, 2.45) is 5.92 Å². The number of benzene rings is 1. The van der Waals surface area contributed by atoms with Crippen LogP contribution in [0.2, 0.25) is 0 Å². The van der Waals surface area contributed by atoms with E-state index in [1.54, 1.807) is 6.07 Å². The summed E-state index contributed by atoms with van der Waals surface area (Å²) in [4.78, 5) is 12.5. The monoisotopic (exact) mass is 336 g/mol. The third-order valence-corrected chi connectivity index (χ3v) is 5.20. The number of ether oxygens (including phenoxy) is 1. The van der Waals surface area contributed by atoms with Gasteiger partial charge in [-0.15, -0.1) is 0 Å². The van der Waals surface area contributed by atoms with Crippen LogP contribution in [0, 0.1) is 24.2 Å². The zero-order chi connectivity index (χ0) is 17.4. The van der Waals surface area contributed by atoms with Crippen LogP contribution < -0.4 is 5.32 Å². The average Bonchev–Trinajstić information content (AvgIpc) is 3.28. The van der Waals surface area contributed by atoms with Crippen LogP contribution >= 0.6 is 0 Å². The van der Waals surface area contributed by atoms with Gasteiger partial charge in [-0.25, -0.2) is 0 Å². The lowest BCUT2D eigenvalue weighted by Gasteiger charge is -2.42. The molecular weight excluding hydrogens is 316 g/mol. The molecule has 1 saturated carbocycles. The number of nitrogens with zero attached hydrogens (tertiary/aromatic N) is 1. The maximum absolute atomic E-state index is 12.5. The Morgan fingerprint density at radius 3 is 2.88 bits per heavy atom. The maximum atomic E-state index is 12.5. The van der Waals surface area contributed by atoms with Crippen molar-refractivity contribution in [1.82, 2.24) is 5.32 Å². The summed E-state index contributed by atoms with van der Waals surface area (Å²) in [5.74, 6) is 1.99. The van der Waals surface area contributed by atoms with Crippen LogP contribution in [0.4, 0.5) is 0 Å². The van der Waals surface area contributed by atoms with Crippen LogP contribution in [-0.4, -0.2) is 19.1 Å². The van der Waals surface area contributed by atoms with Crippen LogP contribution in [0.25, 0.3) is 0 Å². The Hall–Kier alpha value is -2.58. The highest BCUT2D eigenvalue weighted by Crippen LogP contribution is 2.48. The van der Waals surface area contributed by atoms with Gasteiger partial charge < -0.3 is 14.5 Å². The van der Waals surface area contributed by atoms with Crippen molar-refractivity contribution < 1.29 is 13.9 Å². The zero-order valence-corrected chi connectivity index (χ0v) is 14.1. The number of aryl methyl sites for hydroxylation is 1. The molecule has 3 atom stereocenters. The summed E-state index contributed by atoms with van der Waals surface area (Å²) in [5, 5.41) is 12.1. The van der Waals surface area contributed by atoms with E-state index in [2.05, 4.69) is 11.4 Å². The summed E-state index contributed by atoms with van der Waals surface area (Å²) < 4.78 is 11.5. The quantitative estimate of drug-likeness (QED) is 0.911. The highest BCUT2D eigenvalue weighted by atomic mass is 16.5. The van der Waals surface area contributed by atoms with Crippen molar-refractivity contribution in [1.29, 1.82) is 5.26 Å². The van der Waals surface area contributed by atoms with Gasteiger partial charge in [-0.05, 0) is 43.2 Å². The minimum absolute atomic E-state index is 0.0203. The Labute approximate surface area is 146 Å². The predicted molar refractivity (Wildman–Crippen MR) is 90.7 cm³/mol. The second kappa shape index (κ2) is 6.05. The number of amides is 1. The number of furan rings is 1. The maximum Gasteiger partial charge on any atom is 0.223 e. The smallest absolute Gasteiger partial charge is 0.223 e. The van der Waals surface area contributed by atoms with E-state index in [0.29, 0.717) is 18.7 Å². The Bertz CT molecular complexity index is 845. The molecule has 0 radical (unpaired) electrons. The minimum atomic E-state index is -0.506. The van der Waals surface area contributed by atoms with E-state index in [-0.39, 0.29) is 17.7 Å². The van der Waals surface area contributed by atoms with E-state index >= 15 is 0 Å². The molecule has 2 aromatic rings. The van der Waals surface area contributed by atoms with E-state index < -0.39 is 5.60 Å². The second-order valence-electron chi connectivity index (χ2n) is 6.90. The number of hydrogen-bond acceptors (Lipinski definition) is 4. The molecule has 5 nitrogen and oxygen atoms in total. The molecule has 0 spiro atoms. The highest BCUT2D eigenvalue weighted by molar-refractivity contribution is 5.82. The van der Waals surface area contributed by atoms with Crippen LogP contribution in [0.3, 0.4) is 0 Å². The highest BCUT2D eigenvalue weighted by Gasteiger charge is 2.47. The molecular formula is C20H20N2O3. The molecule has 2 fully saturated rings. The predicted octanol–water partition coefficient (Wildman–Crippen LogP) is 3.00. The van der Waals surface area contributed by atoms with Crippen molar-refractivity contribution in [2.45, 2.75) is 31.3 Å². The third-order valence-electron chi connectivity index (χ3n) is 5.20. The Morgan fingerprint density at radius 1 is 1.40 bits per heavy atom. The van der Waals surface area contributed by atoms with E-state index in [0.717, 1.165) is 29.9 Å². The fourth-order valence-electron chi connectivity index (χ4n) is 3.50. The van der Waals surface area contributed by atoms with Gasteiger partial charge in [0.2, 0.25) is 5.91 Å². The molecule has 4 rings (SSSR count). The molecule has 1 aromatic carbocycles. The SMILES string of the molecule is Cc1ccc(C2CC2C(=O)NC[C@@]2(c3cccc(C#N)c3)CCO2)o1. The lowest BCUT2D eigenvalue weighted by molar-refractivity contribution is -0.155. The summed E-state index contributed by atoms with van der Waals surface area (Å²) >= 11 is 0. The molecule has 25 heavy (non-hydrogen) atoms. The molecule has 2 unspecified atom stereocenters. The first-order chi connectivity index (χ1) is 12.1. The molecule has 1 amide bonds. The zero-order valence-electron chi connectivity index (χ0n) is 14.1. The number of rotatable bonds is 5. The van der Waals surface area contributed by atoms with Gasteiger partial charge in [0.25, 0.3) is 0 Å². The molecule has 1 aliphatic heterocycles. The fourth-order valence-corrected chi connectivity index (χ4v) is 3.50. The summed E-state index contributed by atoms with van der Waals surface area (Å²) in [7, 11) is 0. The Kier molecular flexibility index (Phi) is 3.85. The van der Waals surface area contributed by atoms with Crippen LogP contribution in [0.5, 0.6) is 0 Å². The largest absolute Gasteiger partial charge is 0.466 e. The normalized spacial score (nSPS) is 27.2. The van der Waals surface area contributed by atoms with Crippen molar-refractivity contribution in [3.05, 3.63) is 59.0 Å². The Balaban J connectivity index is 1.40. The topological polar surface area (TPSA) is 75.3 Å². The summed E-state index contributed by atoms with van der Waals surface area (Å²) in [6.07, 6.45) is 1.67. The van der Waals surface area contributed by atoms with Crippen LogP contribution in [0.1, 0.15) is 41.4 Å². The van der Waals surface area contributed by atoms with Gasteiger partial charge in [0, 0.05) is 18.3 Å². The summed E-state index contributed by atoms with van der Waals surface area (Å²) in [6, 6.07) is 13.5. The lowest BCUT2D eigenvalue weighted by Crippen LogP contribution is -2.50. The van der Waals surface area contributed by atoms with E-state index in [4.69, 9.17) is 14.4 Å². The summed E-state index contributed by atoms with van der Waals surface area (Å²) in [6.45, 7) is 3.01. The number of nitrogens with one attached hydrogen (secondary N) is 1. The van der Waals surface area contributed by atoms with Crippen molar-refractivity contribution in [3.8, 4) is 6.07 Å². The molecule has 128 valence electrons. The van der Waals surface area contributed by atoms with Gasteiger partial charge >= 0.3 is 0 Å². The molecule has 2 aliphatic rings. The fraction of sp³-hybridized carbons (Fsp3) is 0.400. The number of hydrogen-bond donors (Lipinski definition) is 1. The van der Waals surface area contributed by atoms with E-state index in [1.807, 2.05) is 37.3 Å². The molecule has 1 saturated heterocycles. The lowest BCUT2D eigenvalue weighted by atomic mass is 9.85. The second-order valence-corrected chi connectivity index (χ2v) is 6.90. The number of carbonyl (C=O) groups excluding carboxylic acids is 1. The van der Waals surface area contributed by atoms with Crippen LogP contribution in [-0.2, 0) is 15.1 Å². The molecule has 0 bridgehead atoms. The first kappa shape index (κ1) is 15.9. The van der Waals surface area contributed by atoms with E-state index in [9.17, 15) is 4.79 Å². The summed E-state index contributed by atoms with van der Waals surface area (Å²) in [5.41, 5.74) is 1.05. The third kappa shape index (κ3) is 2.94. The van der Waals surface area contributed by atoms with E-state index in [1.165, 1.54) is 0 Å². The molecule has 1 aliphatic carbocycles. The first-order valence-corrected chi connectivity index (χ1v) is 8.60. The van der Waals surface area contributed by atoms with Gasteiger partial charge in [0.1, 0.15) is 17.1 Å². The minimum Gasteiger partial charge on any atom is -0.466 e. The van der Waals surface area contributed by atoms with Crippen LogP contribution in [0.15, 0.2) is 40.8 Å². The van der Waals surface area contributed by atoms with Crippen molar-refractivity contribution in [3.63, 3.8) is 0 Å². The van der Waals surface area contributed by atoms with Crippen molar-refractivity contribution in [2.75, 3.05) is 13.2 Å². The van der Waals surface area contributed by atoms with Gasteiger partial charge in [-0.2, -0.15) is 5.26 Å². The molecule has 2 heterocycles. The standard InChI is InChI=1S/C20H20N2O3/c1-13-5-6-18(25-13)16-10-17(16)19(23)22-12-20(7-8-24-20)15-4-2-3-14(9-15)11-21/h2-6,9,16-17H,7-8,10,12H2,1H3,(H,22,23)/t16?,17?,20-/m1/s1. The van der Waals surface area contributed by atoms with Crippen molar-refractivity contribution >= 4 is 5.91 Å². The Morgan fingerprint density at radius 2 is 2.24 bits per heavy atom. The first-order valence-electron chi connectivity index (χ1n) is 8.60. The number of nitriles is 1. The van der Waals surface area contributed by atoms with Gasteiger partial charge in [0.05, 0.1) is 24.8 Å². The molecule has 1 N–H and O–H groups in total.